The van der Waals surface area contributed by atoms with Gasteiger partial charge >= 0.3 is 0 Å². The molecule has 0 spiro atoms. The van der Waals surface area contributed by atoms with Gasteiger partial charge in [0.2, 0.25) is 10.0 Å². The first-order valence-corrected chi connectivity index (χ1v) is 12.5. The van der Waals surface area contributed by atoms with Gasteiger partial charge in [-0.25, -0.2) is 13.1 Å². The number of benzene rings is 1. The molecule has 7 nitrogen and oxygen atoms in total. The first kappa shape index (κ1) is 21.6. The number of ether oxygens (including phenoxy) is 2. The van der Waals surface area contributed by atoms with Gasteiger partial charge in [-0.3, -0.25) is 4.79 Å². The summed E-state index contributed by atoms with van der Waals surface area (Å²) in [6.45, 7) is 4.11. The van der Waals surface area contributed by atoms with Crippen LogP contribution in [-0.4, -0.2) is 62.4 Å². The molecular weight excluding hydrogens is 404 g/mol. The molecule has 1 aromatic carbocycles. The predicted molar refractivity (Wildman–Crippen MR) is 114 cm³/mol. The van der Waals surface area contributed by atoms with Crippen LogP contribution >= 0.6 is 0 Å². The Hall–Kier alpha value is -1.64. The molecule has 0 unspecified atom stereocenters. The van der Waals surface area contributed by atoms with Crippen molar-refractivity contribution in [2.45, 2.75) is 75.3 Å². The van der Waals surface area contributed by atoms with Crippen molar-refractivity contribution in [1.82, 2.24) is 9.62 Å². The third kappa shape index (κ3) is 4.50. The van der Waals surface area contributed by atoms with Crippen molar-refractivity contribution in [3.05, 3.63) is 29.8 Å². The molecule has 1 saturated carbocycles. The molecule has 1 aliphatic carbocycles. The first-order valence-electron chi connectivity index (χ1n) is 11.0. The van der Waals surface area contributed by atoms with E-state index in [0.29, 0.717) is 25.5 Å². The van der Waals surface area contributed by atoms with E-state index >= 15 is 0 Å². The quantitative estimate of drug-likeness (QED) is 0.787. The van der Waals surface area contributed by atoms with Crippen molar-refractivity contribution in [2.24, 2.45) is 0 Å². The van der Waals surface area contributed by atoms with E-state index in [1.54, 1.807) is 18.7 Å². The lowest BCUT2D eigenvalue weighted by molar-refractivity contribution is -0.136. The molecular formula is C22H32N2O5S. The molecule has 4 aliphatic rings. The fraction of sp³-hybridized carbons (Fsp3) is 0.682. The maximum atomic E-state index is 13.0. The van der Waals surface area contributed by atoms with E-state index in [0.717, 1.165) is 31.4 Å². The van der Waals surface area contributed by atoms with Crippen LogP contribution in [0.15, 0.2) is 24.3 Å². The van der Waals surface area contributed by atoms with Crippen LogP contribution in [0.1, 0.15) is 57.4 Å². The van der Waals surface area contributed by atoms with Gasteiger partial charge in [0.15, 0.2) is 6.61 Å². The van der Waals surface area contributed by atoms with Crippen molar-refractivity contribution in [1.29, 1.82) is 0 Å². The monoisotopic (exact) mass is 436 g/mol. The molecule has 8 heteroatoms. The van der Waals surface area contributed by atoms with Gasteiger partial charge in [0.1, 0.15) is 5.75 Å². The number of nitrogens with one attached hydrogen (secondary N) is 1. The molecule has 1 aromatic rings. The molecule has 0 radical (unpaired) electrons. The molecule has 1 amide bonds. The lowest BCUT2D eigenvalue weighted by atomic mass is 9.82. The first-order chi connectivity index (χ1) is 14.3. The summed E-state index contributed by atoms with van der Waals surface area (Å²) >= 11 is 0. The molecule has 2 fully saturated rings. The highest BCUT2D eigenvalue weighted by atomic mass is 32.2. The minimum Gasteiger partial charge on any atom is -0.483 e. The highest BCUT2D eigenvalue weighted by Crippen LogP contribution is 2.39. The molecule has 5 rings (SSSR count). The second-order valence-corrected chi connectivity index (χ2v) is 11.2. The Morgan fingerprint density at radius 2 is 1.83 bits per heavy atom. The van der Waals surface area contributed by atoms with Crippen molar-refractivity contribution < 1.29 is 22.7 Å². The number of sulfonamides is 1. The summed E-state index contributed by atoms with van der Waals surface area (Å²) in [6, 6.07) is 7.34. The molecule has 1 N–H and O–H groups in total. The van der Waals surface area contributed by atoms with Gasteiger partial charge in [0, 0.05) is 12.6 Å². The fourth-order valence-electron chi connectivity index (χ4n) is 4.80. The van der Waals surface area contributed by atoms with Crippen LogP contribution in [0.2, 0.25) is 0 Å². The lowest BCUT2D eigenvalue weighted by Gasteiger charge is -2.32. The number of fused-ring (bicyclic) bond motifs is 5. The number of para-hydroxylation sites is 1. The Labute approximate surface area is 179 Å². The van der Waals surface area contributed by atoms with E-state index in [2.05, 4.69) is 10.8 Å². The summed E-state index contributed by atoms with van der Waals surface area (Å²) in [5.41, 5.74) is 1.17. The number of nitrogens with zero attached hydrogens (tertiary/aromatic N) is 1. The summed E-state index contributed by atoms with van der Waals surface area (Å²) in [6.07, 6.45) is 4.70. The van der Waals surface area contributed by atoms with E-state index in [9.17, 15) is 13.2 Å². The van der Waals surface area contributed by atoms with Gasteiger partial charge in [-0.1, -0.05) is 18.2 Å². The highest BCUT2D eigenvalue weighted by molar-refractivity contribution is 7.90. The van der Waals surface area contributed by atoms with Gasteiger partial charge in [-0.15, -0.1) is 0 Å². The van der Waals surface area contributed by atoms with Crippen LogP contribution in [-0.2, 0) is 19.6 Å². The van der Waals surface area contributed by atoms with Crippen molar-refractivity contribution in [3.63, 3.8) is 0 Å². The van der Waals surface area contributed by atoms with Crippen LogP contribution in [0, 0.1) is 0 Å². The number of amides is 1. The Bertz CT molecular complexity index is 864. The smallest absolute Gasteiger partial charge is 0.260 e. The molecule has 2 bridgehead atoms. The van der Waals surface area contributed by atoms with Crippen LogP contribution in [0.5, 0.6) is 5.75 Å². The fourth-order valence-corrected chi connectivity index (χ4v) is 5.77. The number of carbonyl (C=O) groups is 1. The van der Waals surface area contributed by atoms with Crippen molar-refractivity contribution >= 4 is 15.9 Å². The summed E-state index contributed by atoms with van der Waals surface area (Å²) < 4.78 is 39.9. The minimum absolute atomic E-state index is 0.0483. The molecule has 3 heterocycles. The zero-order valence-corrected chi connectivity index (χ0v) is 18.6. The van der Waals surface area contributed by atoms with Crippen LogP contribution in [0.4, 0.5) is 0 Å². The zero-order chi connectivity index (χ0) is 21.3. The Kier molecular flexibility index (Phi) is 6.36. The molecule has 2 atom stereocenters. The summed E-state index contributed by atoms with van der Waals surface area (Å²) in [4.78, 5) is 14.7. The Morgan fingerprint density at radius 3 is 2.57 bits per heavy atom. The van der Waals surface area contributed by atoms with E-state index in [1.807, 2.05) is 18.2 Å². The SMILES string of the molecule is CC(C)S(=O)(=O)N[C@H]1CCN2C(=O)COc3ccccc3C3CCC(CC3)OC[C@@H]12. The molecule has 166 valence electrons. The standard InChI is InChI=1S/C22H32N2O5S/c1-15(2)30(26,27)23-19-11-12-24-20(19)13-28-17-9-7-16(8-10-17)18-5-3-4-6-21(18)29-14-22(24)25/h3-6,15-17,19-20,23H,7-14H2,1-2H3/t16?,17?,19-,20-/m0/s1. The number of rotatable bonds is 3. The maximum Gasteiger partial charge on any atom is 0.260 e. The number of carbonyl (C=O) groups excluding carboxylic acids is 1. The van der Waals surface area contributed by atoms with Gasteiger partial charge in [0.25, 0.3) is 5.91 Å². The number of hydrogen-bond acceptors (Lipinski definition) is 5. The minimum atomic E-state index is -3.43. The third-order valence-corrected chi connectivity index (χ3v) is 8.56. The average molecular weight is 437 g/mol. The maximum absolute atomic E-state index is 13.0. The van der Waals surface area contributed by atoms with Crippen LogP contribution < -0.4 is 9.46 Å². The normalized spacial score (nSPS) is 30.1. The van der Waals surface area contributed by atoms with Crippen LogP contribution in [0.25, 0.3) is 0 Å². The Morgan fingerprint density at radius 1 is 1.10 bits per heavy atom. The largest absolute Gasteiger partial charge is 0.483 e. The van der Waals surface area contributed by atoms with Gasteiger partial charge in [0.05, 0.1) is 24.0 Å². The molecule has 30 heavy (non-hydrogen) atoms. The molecule has 1 saturated heterocycles. The van der Waals surface area contributed by atoms with E-state index in [4.69, 9.17) is 9.47 Å². The average Bonchev–Trinajstić information content (AvgIpc) is 3.12. The topological polar surface area (TPSA) is 84.9 Å². The predicted octanol–water partition coefficient (Wildman–Crippen LogP) is 2.42. The van der Waals surface area contributed by atoms with Gasteiger partial charge in [-0.2, -0.15) is 0 Å². The van der Waals surface area contributed by atoms with E-state index in [-0.39, 0.29) is 30.7 Å². The summed E-state index contributed by atoms with van der Waals surface area (Å²) in [5.74, 6) is 1.07. The zero-order valence-electron chi connectivity index (χ0n) is 17.7. The summed E-state index contributed by atoms with van der Waals surface area (Å²) in [7, 11) is -3.43. The van der Waals surface area contributed by atoms with E-state index < -0.39 is 15.3 Å². The number of hydrogen-bond donors (Lipinski definition) is 1. The van der Waals surface area contributed by atoms with Gasteiger partial charge < -0.3 is 14.4 Å². The highest BCUT2D eigenvalue weighted by Gasteiger charge is 2.40. The second-order valence-electron chi connectivity index (χ2n) is 8.89. The Balaban J connectivity index is 1.57. The second kappa shape index (κ2) is 8.85. The summed E-state index contributed by atoms with van der Waals surface area (Å²) in [5, 5.41) is -0.520. The molecule has 3 aliphatic heterocycles. The van der Waals surface area contributed by atoms with Crippen LogP contribution in [0.3, 0.4) is 0 Å². The van der Waals surface area contributed by atoms with Crippen molar-refractivity contribution in [3.8, 4) is 5.75 Å². The van der Waals surface area contributed by atoms with Crippen molar-refractivity contribution in [2.75, 3.05) is 19.8 Å². The van der Waals surface area contributed by atoms with Gasteiger partial charge in [-0.05, 0) is 63.5 Å². The lowest BCUT2D eigenvalue weighted by Crippen LogP contribution is -2.51. The third-order valence-electron chi connectivity index (χ3n) is 6.69. The van der Waals surface area contributed by atoms with E-state index in [1.165, 1.54) is 5.56 Å². The molecule has 0 aromatic heterocycles.